The second-order valence-corrected chi connectivity index (χ2v) is 7.09. The minimum Gasteiger partial charge on any atom is -0.387 e. The van der Waals surface area contributed by atoms with Crippen LogP contribution in [0.2, 0.25) is 0 Å². The highest BCUT2D eigenvalue weighted by Gasteiger charge is 2.44. The maximum Gasteiger partial charge on any atom is 0.186 e. The number of unbranched alkanes of at least 4 members (excludes halogenated alkanes) is 2. The van der Waals surface area contributed by atoms with E-state index in [4.69, 9.17) is 23.6 Å². The van der Waals surface area contributed by atoms with Gasteiger partial charge in [0.15, 0.2) is 14.7 Å². The van der Waals surface area contributed by atoms with Crippen molar-refractivity contribution in [3.8, 4) is 0 Å². The molecule has 0 aromatic carbocycles. The van der Waals surface area contributed by atoms with Crippen molar-refractivity contribution in [2.24, 2.45) is 0 Å². The zero-order valence-electron chi connectivity index (χ0n) is 17.7. The van der Waals surface area contributed by atoms with Crippen LogP contribution < -0.4 is 0 Å². The summed E-state index contributed by atoms with van der Waals surface area (Å²) in [5.41, 5.74) is 0. The Hall–Kier alpha value is 0.110. The summed E-state index contributed by atoms with van der Waals surface area (Å²) >= 11 is 0. The van der Waals surface area contributed by atoms with Crippen LogP contribution in [0.1, 0.15) is 53.4 Å². The normalized spacial score (nSPS) is 28.4. The van der Waals surface area contributed by atoms with E-state index in [0.29, 0.717) is 13.2 Å². The average molecular weight is 416 g/mol. The van der Waals surface area contributed by atoms with Crippen LogP contribution in [0.15, 0.2) is 0 Å². The van der Waals surface area contributed by atoms with Gasteiger partial charge in [-0.15, -0.1) is 0 Å². The van der Waals surface area contributed by atoms with Gasteiger partial charge in [0.2, 0.25) is 0 Å². The topological polar surface area (TPSA) is 118 Å². The van der Waals surface area contributed by atoms with Gasteiger partial charge in [-0.05, 0) is 19.3 Å². The fourth-order valence-electron chi connectivity index (χ4n) is 2.13. The van der Waals surface area contributed by atoms with Gasteiger partial charge in [0.1, 0.15) is 24.4 Å². The predicted molar refractivity (Wildman–Crippen MR) is 107 cm³/mol. The molecule has 1 aliphatic heterocycles. The van der Waals surface area contributed by atoms with E-state index in [-0.39, 0.29) is 6.61 Å². The lowest BCUT2D eigenvalue weighted by molar-refractivity contribution is -0.302. The van der Waals surface area contributed by atoms with Crippen molar-refractivity contribution in [1.29, 1.82) is 0 Å². The molecule has 1 saturated heterocycles. The fraction of sp³-hybridized carbons (Fsp3) is 1.00. The molecule has 0 radical (unpaired) electrons. The van der Waals surface area contributed by atoms with Crippen molar-refractivity contribution in [1.82, 2.24) is 0 Å². The summed E-state index contributed by atoms with van der Waals surface area (Å²) in [4.78, 5) is 8.99. The first-order chi connectivity index (χ1) is 12.9. The molecule has 1 aliphatic rings. The van der Waals surface area contributed by atoms with E-state index in [1.54, 1.807) is 6.66 Å². The van der Waals surface area contributed by atoms with E-state index in [1.807, 2.05) is 13.8 Å². The van der Waals surface area contributed by atoms with Crippen molar-refractivity contribution in [3.63, 3.8) is 0 Å². The molecule has 0 spiro atoms. The van der Waals surface area contributed by atoms with Crippen LogP contribution in [-0.2, 0) is 18.7 Å². The van der Waals surface area contributed by atoms with E-state index >= 15 is 0 Å². The molecule has 0 aromatic heterocycles. The van der Waals surface area contributed by atoms with E-state index in [0.717, 1.165) is 19.3 Å². The second kappa shape index (κ2) is 19.4. The predicted octanol–water partition coefficient (Wildman–Crippen LogP) is 2.02. The summed E-state index contributed by atoms with van der Waals surface area (Å²) in [7, 11) is 0.151. The Balaban J connectivity index is 0. The second-order valence-electron chi connectivity index (χ2n) is 5.91. The first kappa shape index (κ1) is 29.3. The molecule has 166 valence electrons. The van der Waals surface area contributed by atoms with Crippen LogP contribution in [0.3, 0.4) is 0 Å². The van der Waals surface area contributed by atoms with Crippen molar-refractivity contribution >= 4 is 8.38 Å². The zero-order chi connectivity index (χ0) is 21.2. The summed E-state index contributed by atoms with van der Waals surface area (Å²) < 4.78 is 20.8. The number of ether oxygens (including phenoxy) is 3. The first-order valence-electron chi connectivity index (χ1n) is 9.74. The van der Waals surface area contributed by atoms with Gasteiger partial charge < -0.3 is 38.9 Å². The zero-order valence-corrected chi connectivity index (χ0v) is 18.6. The minimum absolute atomic E-state index is 0.101. The summed E-state index contributed by atoms with van der Waals surface area (Å²) in [5, 5.41) is 29.4. The van der Waals surface area contributed by atoms with Crippen LogP contribution in [0.5, 0.6) is 0 Å². The molecule has 0 bridgehead atoms. The minimum atomic E-state index is -1.33. The highest BCUT2D eigenvalue weighted by Crippen LogP contribution is 2.25. The van der Waals surface area contributed by atoms with E-state index in [9.17, 15) is 15.3 Å². The molecule has 27 heavy (non-hydrogen) atoms. The number of rotatable bonds is 10. The average Bonchev–Trinajstić information content (AvgIpc) is 2.64. The van der Waals surface area contributed by atoms with Crippen LogP contribution in [-0.4, -0.2) is 84.5 Å². The molecule has 0 aromatic rings. The maximum absolute atomic E-state index is 9.85. The Labute approximate surface area is 165 Å². The fourth-order valence-corrected chi connectivity index (χ4v) is 2.53. The maximum atomic E-state index is 9.85. The molecule has 6 unspecified atom stereocenters. The van der Waals surface area contributed by atoms with Crippen LogP contribution in [0.4, 0.5) is 0 Å². The third-order valence-corrected chi connectivity index (χ3v) is 3.90. The third-order valence-electron chi connectivity index (χ3n) is 3.35. The Morgan fingerprint density at radius 1 is 0.926 bits per heavy atom. The largest absolute Gasteiger partial charge is 0.387 e. The highest BCUT2D eigenvalue weighted by atomic mass is 31.2. The van der Waals surface area contributed by atoms with E-state index < -0.39 is 39.1 Å². The lowest BCUT2D eigenvalue weighted by atomic mass is 9.99. The van der Waals surface area contributed by atoms with Gasteiger partial charge in [-0.25, -0.2) is 0 Å². The molecule has 1 heterocycles. The molecule has 9 heteroatoms. The number of methoxy groups -OCH3 is 1. The number of hydrogen-bond acceptors (Lipinski definition) is 8. The SMILES string of the molecule is CC.CCC.COCC1OC(OCCCCCOP(C)O)C(O)C(O)C1O. The molecular formula is C18H41O8P. The van der Waals surface area contributed by atoms with Gasteiger partial charge in [0.25, 0.3) is 0 Å². The molecule has 6 atom stereocenters. The molecule has 1 rings (SSSR count). The Morgan fingerprint density at radius 2 is 1.48 bits per heavy atom. The highest BCUT2D eigenvalue weighted by molar-refractivity contribution is 7.45. The molecule has 1 fully saturated rings. The van der Waals surface area contributed by atoms with Crippen LogP contribution >= 0.6 is 8.38 Å². The quantitative estimate of drug-likeness (QED) is 0.316. The number of hydrogen-bond donors (Lipinski definition) is 4. The van der Waals surface area contributed by atoms with Gasteiger partial charge in [-0.3, -0.25) is 0 Å². The van der Waals surface area contributed by atoms with Gasteiger partial charge in [0, 0.05) is 20.4 Å². The summed E-state index contributed by atoms with van der Waals surface area (Å²) in [5.74, 6) is 0. The van der Waals surface area contributed by atoms with Gasteiger partial charge in [-0.2, -0.15) is 0 Å². The Morgan fingerprint density at radius 3 is 2.00 bits per heavy atom. The molecule has 0 saturated carbocycles. The molecule has 8 nitrogen and oxygen atoms in total. The summed E-state index contributed by atoms with van der Waals surface area (Å²) in [6.07, 6.45) is -1.95. The van der Waals surface area contributed by atoms with Gasteiger partial charge >= 0.3 is 0 Å². The Bertz CT molecular complexity index is 309. The van der Waals surface area contributed by atoms with Crippen molar-refractivity contribution in [2.45, 2.75) is 84.1 Å². The first-order valence-corrected chi connectivity index (χ1v) is 11.4. The Kier molecular flexibility index (Phi) is 21.1. The lowest BCUT2D eigenvalue weighted by Gasteiger charge is -2.40. The smallest absolute Gasteiger partial charge is 0.186 e. The van der Waals surface area contributed by atoms with Crippen LogP contribution in [0.25, 0.3) is 0 Å². The molecule has 0 amide bonds. The lowest BCUT2D eigenvalue weighted by Crippen LogP contribution is -2.59. The van der Waals surface area contributed by atoms with E-state index in [2.05, 4.69) is 13.8 Å². The monoisotopic (exact) mass is 416 g/mol. The molecule has 0 aliphatic carbocycles. The molecular weight excluding hydrogens is 375 g/mol. The number of aliphatic hydroxyl groups excluding tert-OH is 3. The van der Waals surface area contributed by atoms with Gasteiger partial charge in [0.05, 0.1) is 13.2 Å². The van der Waals surface area contributed by atoms with Crippen molar-refractivity contribution in [3.05, 3.63) is 0 Å². The number of aliphatic hydroxyl groups is 3. The third kappa shape index (κ3) is 13.8. The van der Waals surface area contributed by atoms with Crippen molar-refractivity contribution in [2.75, 3.05) is 33.6 Å². The summed E-state index contributed by atoms with van der Waals surface area (Å²) in [6.45, 7) is 10.8. The summed E-state index contributed by atoms with van der Waals surface area (Å²) in [6, 6.07) is 0. The molecule has 4 N–H and O–H groups in total. The van der Waals surface area contributed by atoms with Crippen molar-refractivity contribution < 1.29 is 38.9 Å². The van der Waals surface area contributed by atoms with E-state index in [1.165, 1.54) is 13.5 Å². The van der Waals surface area contributed by atoms with Gasteiger partial charge in [-0.1, -0.05) is 34.1 Å². The standard InChI is InChI=1S/C13H27O8P.C3H8.C2H6/c1-18-8-9-10(14)11(15)12(16)13(21-9)19-6-4-3-5-7-20-22(2)17;1-3-2;1-2/h9-17H,3-8H2,1-2H3;3H2,1-2H3;1-2H3. The van der Waals surface area contributed by atoms with Crippen LogP contribution in [0, 0.1) is 0 Å².